The highest BCUT2D eigenvalue weighted by Crippen LogP contribution is 2.31. The van der Waals surface area contributed by atoms with Gasteiger partial charge in [0.2, 0.25) is 23.1 Å². The Morgan fingerprint density at radius 1 is 1.21 bits per heavy atom. The molecule has 8 N–H and O–H groups in total. The highest BCUT2D eigenvalue weighted by atomic mass is 35.5. The van der Waals surface area contributed by atoms with E-state index in [9.17, 15) is 14.2 Å². The number of primary amides is 1. The van der Waals surface area contributed by atoms with Gasteiger partial charge in [-0.25, -0.2) is 0 Å². The molecule has 1 aromatic heterocycles. The van der Waals surface area contributed by atoms with Crippen LogP contribution in [0.2, 0.25) is 5.28 Å². The van der Waals surface area contributed by atoms with Gasteiger partial charge < -0.3 is 31.3 Å². The van der Waals surface area contributed by atoms with Crippen molar-refractivity contribution in [3.8, 4) is 0 Å². The SMILES string of the molecule is CC(N)=O.CCNc1nc(Cl)nc(NC(C)C)n1.O=C(O)CNCP(=O)(O)O. The van der Waals surface area contributed by atoms with Crippen LogP contribution in [0.25, 0.3) is 0 Å². The predicted octanol–water partition coefficient (Wildman–Crippen LogP) is 0.0645. The van der Waals surface area contributed by atoms with Gasteiger partial charge >= 0.3 is 13.6 Å². The third-order valence-corrected chi connectivity index (χ3v) is 2.76. The summed E-state index contributed by atoms with van der Waals surface area (Å²) in [5, 5.41) is 16.3. The van der Waals surface area contributed by atoms with Crippen molar-refractivity contribution in [3.05, 3.63) is 5.28 Å². The molecule has 162 valence electrons. The Morgan fingerprint density at radius 3 is 2.11 bits per heavy atom. The number of carbonyl (C=O) groups excluding carboxylic acids is 1. The summed E-state index contributed by atoms with van der Waals surface area (Å²) in [6.45, 7) is 7.59. The molecule has 1 rings (SSSR count). The lowest BCUT2D eigenvalue weighted by molar-refractivity contribution is -0.135. The highest BCUT2D eigenvalue weighted by Gasteiger charge is 2.11. The fraction of sp³-hybridized carbons (Fsp3) is 0.615. The molecule has 0 aromatic carbocycles. The molecule has 0 spiro atoms. The van der Waals surface area contributed by atoms with Crippen LogP contribution in [0.5, 0.6) is 0 Å². The second-order valence-electron chi connectivity index (χ2n) is 5.33. The Balaban J connectivity index is 0. The normalized spacial score (nSPS) is 10.1. The van der Waals surface area contributed by atoms with Crippen molar-refractivity contribution in [2.75, 3.05) is 30.0 Å². The first kappa shape index (κ1) is 28.2. The van der Waals surface area contributed by atoms with Gasteiger partial charge in [-0.15, -0.1) is 0 Å². The summed E-state index contributed by atoms with van der Waals surface area (Å²) in [7, 11) is -4.10. The third kappa shape index (κ3) is 22.0. The highest BCUT2D eigenvalue weighted by molar-refractivity contribution is 7.51. The number of carboxylic acid groups (broad SMARTS) is 1. The first-order valence-corrected chi connectivity index (χ1v) is 10.1. The fourth-order valence-corrected chi connectivity index (χ4v) is 1.78. The van der Waals surface area contributed by atoms with E-state index in [0.717, 1.165) is 6.54 Å². The van der Waals surface area contributed by atoms with E-state index in [0.29, 0.717) is 11.9 Å². The van der Waals surface area contributed by atoms with E-state index in [1.165, 1.54) is 6.92 Å². The number of carboxylic acids is 1. The summed E-state index contributed by atoms with van der Waals surface area (Å²) in [4.78, 5) is 47.4. The molecule has 0 fully saturated rings. The molecule has 0 bridgehead atoms. The molecule has 0 aliphatic carbocycles. The number of carbonyl (C=O) groups is 2. The molecule has 0 radical (unpaired) electrons. The number of nitrogens with zero attached hydrogens (tertiary/aromatic N) is 3. The van der Waals surface area contributed by atoms with Crippen molar-refractivity contribution >= 4 is 43.0 Å². The zero-order chi connectivity index (χ0) is 22.3. The molecule has 1 heterocycles. The lowest BCUT2D eigenvalue weighted by atomic mass is 10.4. The van der Waals surface area contributed by atoms with E-state index in [-0.39, 0.29) is 17.2 Å². The smallest absolute Gasteiger partial charge is 0.339 e. The molecule has 0 atom stereocenters. The number of rotatable bonds is 8. The van der Waals surface area contributed by atoms with Gasteiger partial charge in [0.15, 0.2) is 0 Å². The molecule has 1 amide bonds. The lowest BCUT2D eigenvalue weighted by Gasteiger charge is -2.09. The first-order chi connectivity index (χ1) is 12.8. The summed E-state index contributed by atoms with van der Waals surface area (Å²) in [6, 6.07) is 0.267. The molecular formula is C13H27ClN7O6P. The van der Waals surface area contributed by atoms with Crippen molar-refractivity contribution in [2.45, 2.75) is 33.7 Å². The molecular weight excluding hydrogens is 417 g/mol. The van der Waals surface area contributed by atoms with Crippen molar-refractivity contribution in [3.63, 3.8) is 0 Å². The summed E-state index contributed by atoms with van der Waals surface area (Å²) >= 11 is 5.73. The molecule has 0 unspecified atom stereocenters. The van der Waals surface area contributed by atoms with Crippen molar-refractivity contribution in [1.29, 1.82) is 0 Å². The number of hydrogen-bond donors (Lipinski definition) is 7. The van der Waals surface area contributed by atoms with Gasteiger partial charge in [0, 0.05) is 19.5 Å². The lowest BCUT2D eigenvalue weighted by Crippen LogP contribution is -2.23. The van der Waals surface area contributed by atoms with E-state index in [2.05, 4.69) is 36.6 Å². The second kappa shape index (κ2) is 14.9. The predicted molar refractivity (Wildman–Crippen MR) is 105 cm³/mol. The largest absolute Gasteiger partial charge is 0.480 e. The average Bonchev–Trinajstić information content (AvgIpc) is 2.44. The maximum Gasteiger partial charge on any atom is 0.339 e. The Bertz CT molecular complexity index is 654. The van der Waals surface area contributed by atoms with E-state index in [1.807, 2.05) is 20.8 Å². The van der Waals surface area contributed by atoms with Crippen LogP contribution in [0, 0.1) is 0 Å². The summed E-state index contributed by atoms with van der Waals surface area (Å²) < 4.78 is 10.1. The van der Waals surface area contributed by atoms with Gasteiger partial charge in [-0.05, 0) is 32.4 Å². The zero-order valence-corrected chi connectivity index (χ0v) is 17.7. The van der Waals surface area contributed by atoms with Gasteiger partial charge in [0.1, 0.15) is 0 Å². The molecule has 1 aromatic rings. The molecule has 28 heavy (non-hydrogen) atoms. The fourth-order valence-electron chi connectivity index (χ4n) is 1.22. The molecule has 0 aliphatic heterocycles. The number of nitrogens with two attached hydrogens (primary N) is 1. The van der Waals surface area contributed by atoms with E-state index in [1.54, 1.807) is 0 Å². The minimum atomic E-state index is -4.10. The quantitative estimate of drug-likeness (QED) is 0.266. The van der Waals surface area contributed by atoms with Gasteiger partial charge in [-0.2, -0.15) is 15.0 Å². The molecule has 13 nitrogen and oxygen atoms in total. The van der Waals surface area contributed by atoms with Crippen molar-refractivity contribution < 1.29 is 29.0 Å². The first-order valence-electron chi connectivity index (χ1n) is 7.91. The Morgan fingerprint density at radius 2 is 1.71 bits per heavy atom. The number of aromatic nitrogens is 3. The summed E-state index contributed by atoms with van der Waals surface area (Å²) in [6.07, 6.45) is -0.598. The average molecular weight is 444 g/mol. The van der Waals surface area contributed by atoms with Crippen LogP contribution in [0.1, 0.15) is 27.7 Å². The monoisotopic (exact) mass is 443 g/mol. The maximum absolute atomic E-state index is 10.1. The van der Waals surface area contributed by atoms with Gasteiger partial charge in [-0.3, -0.25) is 19.5 Å². The van der Waals surface area contributed by atoms with Crippen LogP contribution in [0.3, 0.4) is 0 Å². The number of anilines is 2. The number of halogens is 1. The molecule has 15 heteroatoms. The van der Waals surface area contributed by atoms with Crippen molar-refractivity contribution in [2.24, 2.45) is 5.73 Å². The van der Waals surface area contributed by atoms with E-state index in [4.69, 9.17) is 26.5 Å². The Labute approximate surface area is 167 Å². The molecule has 0 aliphatic rings. The number of hydrogen-bond acceptors (Lipinski definition) is 9. The van der Waals surface area contributed by atoms with Gasteiger partial charge in [0.05, 0.1) is 12.8 Å². The minimum absolute atomic E-state index is 0.194. The Hall–Kier alpha value is -2.05. The molecule has 0 saturated heterocycles. The Kier molecular flexibility index (Phi) is 15.0. The van der Waals surface area contributed by atoms with Crippen molar-refractivity contribution in [1.82, 2.24) is 20.3 Å². The topological polar surface area (TPSA) is 213 Å². The summed E-state index contributed by atoms with van der Waals surface area (Å²) in [5.74, 6) is -0.486. The second-order valence-corrected chi connectivity index (χ2v) is 7.32. The number of aliphatic carboxylic acids is 1. The standard InChI is InChI=1S/C8H14ClN5.C3H8NO5P.C2H5NO/c1-4-10-7-12-6(9)13-8(14-7)11-5(2)3;5-3(6)1-4-2-10(7,8)9;1-2(3)4/h5H,4H2,1-3H3,(H2,10,11,12,13,14);4H,1-2H2,(H,5,6)(H2,7,8,9);1H3,(H2,3,4). The van der Waals surface area contributed by atoms with Gasteiger partial charge in [-0.1, -0.05) is 0 Å². The number of amides is 1. The summed E-state index contributed by atoms with van der Waals surface area (Å²) in [5.41, 5.74) is 4.47. The third-order valence-electron chi connectivity index (χ3n) is 1.95. The zero-order valence-electron chi connectivity index (χ0n) is 16.0. The van der Waals surface area contributed by atoms with Gasteiger partial charge in [0.25, 0.3) is 0 Å². The van der Waals surface area contributed by atoms with Crippen LogP contribution in [-0.2, 0) is 14.2 Å². The van der Waals surface area contributed by atoms with Crippen LogP contribution in [0.4, 0.5) is 11.9 Å². The number of nitrogens with one attached hydrogen (secondary N) is 3. The van der Waals surface area contributed by atoms with Crippen LogP contribution in [0.15, 0.2) is 0 Å². The molecule has 0 saturated carbocycles. The minimum Gasteiger partial charge on any atom is -0.480 e. The van der Waals surface area contributed by atoms with Crippen LogP contribution < -0.4 is 21.7 Å². The van der Waals surface area contributed by atoms with E-state index >= 15 is 0 Å². The van der Waals surface area contributed by atoms with Crippen LogP contribution >= 0.6 is 19.2 Å². The van der Waals surface area contributed by atoms with E-state index < -0.39 is 26.4 Å². The maximum atomic E-state index is 10.1. The van der Waals surface area contributed by atoms with Crippen LogP contribution in [-0.4, -0.2) is 67.1 Å².